The van der Waals surface area contributed by atoms with Gasteiger partial charge in [0.05, 0.1) is 13.2 Å². The summed E-state index contributed by atoms with van der Waals surface area (Å²) in [5.74, 6) is -0.677. The van der Waals surface area contributed by atoms with Gasteiger partial charge in [0, 0.05) is 61.2 Å². The lowest BCUT2D eigenvalue weighted by Gasteiger charge is -2.52. The lowest BCUT2D eigenvalue weighted by atomic mass is 9.79. The molecule has 2 fully saturated rings. The summed E-state index contributed by atoms with van der Waals surface area (Å²) in [5.41, 5.74) is 3.97. The van der Waals surface area contributed by atoms with Crippen LogP contribution in [-0.4, -0.2) is 71.3 Å². The van der Waals surface area contributed by atoms with E-state index in [1.807, 2.05) is 18.2 Å². The Kier molecular flexibility index (Phi) is 7.19. The first kappa shape index (κ1) is 27.6. The van der Waals surface area contributed by atoms with Gasteiger partial charge in [-0.1, -0.05) is 30.3 Å². The number of carbonyl (C=O) groups is 2. The van der Waals surface area contributed by atoms with Gasteiger partial charge >= 0.3 is 12.3 Å². The zero-order valence-electron chi connectivity index (χ0n) is 22.9. The van der Waals surface area contributed by atoms with Crippen LogP contribution in [0.25, 0.3) is 10.9 Å². The van der Waals surface area contributed by atoms with Gasteiger partial charge in [0.1, 0.15) is 11.8 Å². The summed E-state index contributed by atoms with van der Waals surface area (Å²) in [6.07, 6.45) is -2.04. The summed E-state index contributed by atoms with van der Waals surface area (Å²) in [7, 11) is 1.39. The number of H-pyrrole nitrogens is 1. The molecule has 0 bridgehead atoms. The number of alkyl halides is 3. The quantitative estimate of drug-likeness (QED) is 0.436. The molecule has 1 amide bonds. The van der Waals surface area contributed by atoms with E-state index in [1.165, 1.54) is 26.2 Å². The second kappa shape index (κ2) is 10.7. The molecule has 3 aliphatic heterocycles. The van der Waals surface area contributed by atoms with E-state index in [4.69, 9.17) is 4.74 Å². The third kappa shape index (κ3) is 5.40. The fourth-order valence-corrected chi connectivity index (χ4v) is 7.16. The van der Waals surface area contributed by atoms with Crippen LogP contribution in [0.4, 0.5) is 13.2 Å². The SMILES string of the molecule is COC(=O)[C@@H]1Cc2c([nH]c3ccccc23)[C@H]2C[C@@H](N3CC[C@H](NC(C)=O)C3)C[C@@H](c3ccc(OC(F)(F)F)cc3)N21. The number of piperidine rings is 1. The lowest BCUT2D eigenvalue weighted by molar-refractivity contribution is -0.274. The summed E-state index contributed by atoms with van der Waals surface area (Å²) < 4.78 is 47.9. The Morgan fingerprint density at radius 3 is 2.49 bits per heavy atom. The summed E-state index contributed by atoms with van der Waals surface area (Å²) in [5, 5.41) is 4.11. The Labute approximate surface area is 235 Å². The van der Waals surface area contributed by atoms with Crippen molar-refractivity contribution < 1.29 is 32.2 Å². The van der Waals surface area contributed by atoms with Crippen molar-refractivity contribution in [2.75, 3.05) is 20.2 Å². The van der Waals surface area contributed by atoms with Crippen LogP contribution in [0.5, 0.6) is 5.75 Å². The number of amides is 1. The monoisotopic (exact) mass is 570 g/mol. The molecule has 3 aliphatic rings. The molecule has 6 rings (SSSR count). The van der Waals surface area contributed by atoms with E-state index in [9.17, 15) is 22.8 Å². The Hall–Kier alpha value is -3.57. The highest BCUT2D eigenvalue weighted by Gasteiger charge is 2.49. The van der Waals surface area contributed by atoms with Crippen molar-refractivity contribution in [3.05, 3.63) is 65.4 Å². The van der Waals surface area contributed by atoms with Crippen molar-refractivity contribution in [3.63, 3.8) is 0 Å². The van der Waals surface area contributed by atoms with E-state index in [0.29, 0.717) is 12.8 Å². The molecule has 2 N–H and O–H groups in total. The van der Waals surface area contributed by atoms with Crippen LogP contribution in [0.2, 0.25) is 0 Å². The lowest BCUT2D eigenvalue weighted by Crippen LogP contribution is -2.56. The second-order valence-corrected chi connectivity index (χ2v) is 11.2. The smallest absolute Gasteiger partial charge is 0.468 e. The van der Waals surface area contributed by atoms with E-state index in [2.05, 4.69) is 30.9 Å². The van der Waals surface area contributed by atoms with Gasteiger partial charge in [-0.3, -0.25) is 19.4 Å². The average molecular weight is 571 g/mol. The van der Waals surface area contributed by atoms with E-state index in [-0.39, 0.29) is 41.8 Å². The Balaban J connectivity index is 1.41. The number of hydrogen-bond acceptors (Lipinski definition) is 6. The maximum Gasteiger partial charge on any atom is 0.573 e. The van der Waals surface area contributed by atoms with Gasteiger partial charge in [0.2, 0.25) is 5.91 Å². The van der Waals surface area contributed by atoms with Crippen molar-refractivity contribution in [1.82, 2.24) is 20.1 Å². The Morgan fingerprint density at radius 2 is 1.78 bits per heavy atom. The van der Waals surface area contributed by atoms with E-state index in [0.717, 1.165) is 53.7 Å². The number of fused-ring (bicyclic) bond motifs is 5. The van der Waals surface area contributed by atoms with Crippen molar-refractivity contribution in [3.8, 4) is 5.75 Å². The molecule has 2 saturated heterocycles. The molecule has 2 aromatic carbocycles. The van der Waals surface area contributed by atoms with Crippen LogP contribution in [0.1, 0.15) is 55.1 Å². The largest absolute Gasteiger partial charge is 0.573 e. The zero-order valence-corrected chi connectivity index (χ0v) is 22.9. The van der Waals surface area contributed by atoms with E-state index < -0.39 is 12.4 Å². The van der Waals surface area contributed by atoms with Crippen LogP contribution in [0.3, 0.4) is 0 Å². The van der Waals surface area contributed by atoms with Gasteiger partial charge in [-0.15, -0.1) is 13.2 Å². The highest BCUT2D eigenvalue weighted by molar-refractivity contribution is 5.87. The number of esters is 1. The fraction of sp³-hybridized carbons (Fsp3) is 0.467. The number of rotatable bonds is 5. The molecular formula is C30H33F3N4O4. The third-order valence-electron chi connectivity index (χ3n) is 8.76. The molecular weight excluding hydrogens is 537 g/mol. The van der Waals surface area contributed by atoms with Crippen LogP contribution in [0.15, 0.2) is 48.5 Å². The Morgan fingerprint density at radius 1 is 1.05 bits per heavy atom. The molecule has 0 unspecified atom stereocenters. The first-order chi connectivity index (χ1) is 19.6. The molecule has 0 spiro atoms. The number of nitrogens with one attached hydrogen (secondary N) is 2. The number of methoxy groups -OCH3 is 1. The van der Waals surface area contributed by atoms with E-state index in [1.54, 1.807) is 12.1 Å². The van der Waals surface area contributed by atoms with Crippen molar-refractivity contribution >= 4 is 22.8 Å². The number of halogens is 3. The maximum absolute atomic E-state index is 13.3. The number of carbonyl (C=O) groups excluding carboxylic acids is 2. The van der Waals surface area contributed by atoms with Gasteiger partial charge in [0.25, 0.3) is 0 Å². The molecule has 5 atom stereocenters. The number of ether oxygens (including phenoxy) is 2. The minimum absolute atomic E-state index is 0.0540. The minimum Gasteiger partial charge on any atom is -0.468 e. The highest BCUT2D eigenvalue weighted by Crippen LogP contribution is 2.50. The topological polar surface area (TPSA) is 86.9 Å². The molecule has 4 heterocycles. The first-order valence-electron chi connectivity index (χ1n) is 13.9. The molecule has 8 nitrogen and oxygen atoms in total. The molecule has 11 heteroatoms. The van der Waals surface area contributed by atoms with Gasteiger partial charge < -0.3 is 19.8 Å². The molecule has 3 aromatic rings. The van der Waals surface area contributed by atoms with Crippen molar-refractivity contribution in [2.24, 2.45) is 0 Å². The van der Waals surface area contributed by atoms with Gasteiger partial charge in [-0.2, -0.15) is 0 Å². The number of aromatic nitrogens is 1. The van der Waals surface area contributed by atoms with Gasteiger partial charge in [-0.25, -0.2) is 0 Å². The number of hydrogen-bond donors (Lipinski definition) is 2. The summed E-state index contributed by atoms with van der Waals surface area (Å²) in [4.78, 5) is 33.2. The van der Waals surface area contributed by atoms with Gasteiger partial charge in [-0.05, 0) is 48.6 Å². The normalized spacial score (nSPS) is 26.8. The third-order valence-corrected chi connectivity index (χ3v) is 8.76. The first-order valence-corrected chi connectivity index (χ1v) is 13.9. The van der Waals surface area contributed by atoms with Crippen molar-refractivity contribution in [1.29, 1.82) is 0 Å². The molecule has 218 valence electrons. The predicted octanol–water partition coefficient (Wildman–Crippen LogP) is 4.62. The molecule has 0 aliphatic carbocycles. The predicted molar refractivity (Wildman–Crippen MR) is 145 cm³/mol. The number of aromatic amines is 1. The van der Waals surface area contributed by atoms with Crippen LogP contribution in [0, 0.1) is 0 Å². The fourth-order valence-electron chi connectivity index (χ4n) is 7.16. The zero-order chi connectivity index (χ0) is 28.9. The van der Waals surface area contributed by atoms with Gasteiger partial charge in [0.15, 0.2) is 0 Å². The molecule has 41 heavy (non-hydrogen) atoms. The van der Waals surface area contributed by atoms with Crippen LogP contribution in [-0.2, 0) is 20.7 Å². The molecule has 1 aromatic heterocycles. The minimum atomic E-state index is -4.78. The molecule has 0 radical (unpaired) electrons. The Bertz CT molecular complexity index is 1440. The van der Waals surface area contributed by atoms with Crippen molar-refractivity contribution in [2.45, 2.75) is 69.2 Å². The summed E-state index contributed by atoms with van der Waals surface area (Å²) in [6.45, 7) is 3.07. The summed E-state index contributed by atoms with van der Waals surface area (Å²) in [6, 6.07) is 13.3. The standard InChI is InChI=1S/C30H33F3N4O4/c1-17(38)34-19-11-12-36(16-19)20-13-25(18-7-9-21(10-8-18)41-30(31,32)33)37-26(14-20)28-23(15-27(37)29(39)40-2)22-5-3-4-6-24(22)35-28/h3-10,19-20,25-27,35H,11-16H2,1-2H3,(H,34,38)/t19-,20-,25-,26+,27-/m0/s1. The van der Waals surface area contributed by atoms with Crippen LogP contribution < -0.4 is 10.1 Å². The summed E-state index contributed by atoms with van der Waals surface area (Å²) >= 11 is 0. The van der Waals surface area contributed by atoms with Crippen LogP contribution >= 0.6 is 0 Å². The number of likely N-dealkylation sites (tertiary alicyclic amines) is 1. The second-order valence-electron chi connectivity index (χ2n) is 11.2. The number of para-hydroxylation sites is 1. The highest BCUT2D eigenvalue weighted by atomic mass is 19.4. The average Bonchev–Trinajstić information content (AvgIpc) is 3.55. The number of nitrogens with zero attached hydrogens (tertiary/aromatic N) is 2. The number of benzene rings is 2. The molecule has 0 saturated carbocycles. The van der Waals surface area contributed by atoms with E-state index >= 15 is 0 Å². The maximum atomic E-state index is 13.3.